The van der Waals surface area contributed by atoms with Gasteiger partial charge in [0.1, 0.15) is 18.2 Å². The number of hydrogen-bond donors (Lipinski definition) is 1. The highest BCUT2D eigenvalue weighted by Crippen LogP contribution is 2.19. The van der Waals surface area contributed by atoms with Gasteiger partial charge < -0.3 is 9.88 Å². The van der Waals surface area contributed by atoms with Crippen LogP contribution in [0.5, 0.6) is 0 Å². The number of fused-ring (bicyclic) bond motifs is 1. The first-order valence-electron chi connectivity index (χ1n) is 11.2. The summed E-state index contributed by atoms with van der Waals surface area (Å²) >= 11 is 0. The molecule has 0 fully saturated rings. The minimum absolute atomic E-state index is 0.0110. The quantitative estimate of drug-likeness (QED) is 0.387. The summed E-state index contributed by atoms with van der Waals surface area (Å²) in [5.41, 5.74) is 2.31. The van der Waals surface area contributed by atoms with Crippen LogP contribution >= 0.6 is 0 Å². The first-order chi connectivity index (χ1) is 17.4. The number of nitrogens with zero attached hydrogens (tertiary/aromatic N) is 4. The highest BCUT2D eigenvalue weighted by Gasteiger charge is 2.20. The monoisotopic (exact) mass is 485 g/mol. The molecule has 0 aliphatic heterocycles. The molecule has 0 unspecified atom stereocenters. The van der Waals surface area contributed by atoms with E-state index in [0.29, 0.717) is 29.1 Å². The number of nitrogens with one attached hydrogen (secondary N) is 1. The van der Waals surface area contributed by atoms with Crippen LogP contribution in [-0.4, -0.2) is 25.1 Å². The number of hydrogen-bond acceptors (Lipinski definition) is 4. The van der Waals surface area contributed by atoms with Crippen LogP contribution in [0.1, 0.15) is 16.8 Å². The maximum Gasteiger partial charge on any atom is 0.279 e. The zero-order valence-corrected chi connectivity index (χ0v) is 19.3. The second kappa shape index (κ2) is 9.53. The molecule has 9 heteroatoms. The highest BCUT2D eigenvalue weighted by molar-refractivity contribution is 5.90. The summed E-state index contributed by atoms with van der Waals surface area (Å²) in [6.07, 6.45) is 0.332. The van der Waals surface area contributed by atoms with Gasteiger partial charge in [0, 0.05) is 35.0 Å². The van der Waals surface area contributed by atoms with Crippen molar-refractivity contribution in [1.29, 1.82) is 0 Å². The minimum atomic E-state index is -0.803. The number of halogens is 2. The van der Waals surface area contributed by atoms with Crippen molar-refractivity contribution >= 4 is 17.4 Å². The van der Waals surface area contributed by atoms with E-state index in [9.17, 15) is 18.4 Å². The molecule has 2 heterocycles. The number of anilines is 1. The van der Waals surface area contributed by atoms with Gasteiger partial charge in [-0.05, 0) is 24.6 Å². The van der Waals surface area contributed by atoms with E-state index in [1.54, 1.807) is 11.5 Å². The SMILES string of the molecule is Cc1c(Cc2ccccc2)c(=O)n2nc(-c3ccccc3)nc2n1CC(=O)Nc1cc(F)cc(F)c1. The summed E-state index contributed by atoms with van der Waals surface area (Å²) in [5.74, 6) is -1.62. The van der Waals surface area contributed by atoms with Crippen molar-refractivity contribution in [2.24, 2.45) is 0 Å². The number of carbonyl (C=O) groups excluding carboxylic acids is 1. The third kappa shape index (κ3) is 4.63. The molecule has 0 saturated carbocycles. The second-order valence-electron chi connectivity index (χ2n) is 8.34. The Labute approximate surface area is 204 Å². The first kappa shape index (κ1) is 23.1. The van der Waals surface area contributed by atoms with Crippen molar-refractivity contribution in [1.82, 2.24) is 19.2 Å². The molecule has 5 rings (SSSR count). The summed E-state index contributed by atoms with van der Waals surface area (Å²) in [6.45, 7) is 1.49. The molecule has 1 amide bonds. The van der Waals surface area contributed by atoms with Crippen molar-refractivity contribution in [3.8, 4) is 11.4 Å². The zero-order valence-electron chi connectivity index (χ0n) is 19.3. The fourth-order valence-corrected chi connectivity index (χ4v) is 4.08. The molecular formula is C27H21F2N5O2. The van der Waals surface area contributed by atoms with E-state index < -0.39 is 17.5 Å². The van der Waals surface area contributed by atoms with Gasteiger partial charge in [-0.15, -0.1) is 5.10 Å². The van der Waals surface area contributed by atoms with E-state index in [4.69, 9.17) is 0 Å². The molecule has 7 nitrogen and oxygen atoms in total. The summed E-state index contributed by atoms with van der Waals surface area (Å²) in [6, 6.07) is 21.5. The molecule has 0 atom stereocenters. The van der Waals surface area contributed by atoms with E-state index in [1.165, 1.54) is 4.52 Å². The van der Waals surface area contributed by atoms with Gasteiger partial charge in [0.05, 0.1) is 0 Å². The van der Waals surface area contributed by atoms with E-state index >= 15 is 0 Å². The lowest BCUT2D eigenvalue weighted by molar-refractivity contribution is -0.116. The van der Waals surface area contributed by atoms with Crippen molar-refractivity contribution in [3.63, 3.8) is 0 Å². The van der Waals surface area contributed by atoms with Crippen LogP contribution in [-0.2, 0) is 17.8 Å². The maximum atomic E-state index is 13.6. The number of rotatable bonds is 6. The van der Waals surface area contributed by atoms with Crippen LogP contribution in [0.2, 0.25) is 0 Å². The molecular weight excluding hydrogens is 464 g/mol. The van der Waals surface area contributed by atoms with Gasteiger partial charge in [-0.1, -0.05) is 60.7 Å². The summed E-state index contributed by atoms with van der Waals surface area (Å²) in [5, 5.41) is 6.95. The van der Waals surface area contributed by atoms with Crippen LogP contribution in [0.15, 0.2) is 83.7 Å². The first-order valence-corrected chi connectivity index (χ1v) is 11.2. The molecule has 5 aromatic rings. The number of aromatic nitrogens is 4. The molecule has 2 aromatic heterocycles. The fraction of sp³-hybridized carbons (Fsp3) is 0.111. The van der Waals surface area contributed by atoms with Crippen LogP contribution in [0, 0.1) is 18.6 Å². The van der Waals surface area contributed by atoms with E-state index in [-0.39, 0.29) is 23.6 Å². The van der Waals surface area contributed by atoms with Gasteiger partial charge >= 0.3 is 0 Å². The number of carbonyl (C=O) groups is 1. The summed E-state index contributed by atoms with van der Waals surface area (Å²) in [4.78, 5) is 30.9. The predicted molar refractivity (Wildman–Crippen MR) is 132 cm³/mol. The lowest BCUT2D eigenvalue weighted by atomic mass is 10.0. The van der Waals surface area contributed by atoms with Gasteiger partial charge in [0.15, 0.2) is 5.82 Å². The average Bonchev–Trinajstić information content (AvgIpc) is 3.31. The smallest absolute Gasteiger partial charge is 0.279 e. The second-order valence-corrected chi connectivity index (χ2v) is 8.34. The Balaban J connectivity index is 1.60. The fourth-order valence-electron chi connectivity index (χ4n) is 4.08. The highest BCUT2D eigenvalue weighted by atomic mass is 19.1. The molecule has 0 aliphatic rings. The topological polar surface area (TPSA) is 81.3 Å². The van der Waals surface area contributed by atoms with Crippen molar-refractivity contribution in [2.45, 2.75) is 19.9 Å². The predicted octanol–water partition coefficient (Wildman–Crippen LogP) is 4.37. The lowest BCUT2D eigenvalue weighted by Crippen LogP contribution is -2.29. The maximum absolute atomic E-state index is 13.6. The molecule has 1 N–H and O–H groups in total. The molecule has 0 radical (unpaired) electrons. The molecule has 3 aromatic carbocycles. The Morgan fingerprint density at radius 3 is 2.25 bits per heavy atom. The molecule has 0 saturated heterocycles. The van der Waals surface area contributed by atoms with Crippen LogP contribution in [0.4, 0.5) is 14.5 Å². The Bertz CT molecular complexity index is 1610. The third-order valence-corrected chi connectivity index (χ3v) is 5.83. The number of amides is 1. The van der Waals surface area contributed by atoms with Gasteiger partial charge in [-0.3, -0.25) is 9.59 Å². The summed E-state index contributed by atoms with van der Waals surface area (Å²) in [7, 11) is 0. The molecule has 0 aliphatic carbocycles. The van der Waals surface area contributed by atoms with Crippen molar-refractivity contribution < 1.29 is 13.6 Å². The van der Waals surface area contributed by atoms with Gasteiger partial charge in [-0.2, -0.15) is 9.50 Å². The summed E-state index contributed by atoms with van der Waals surface area (Å²) < 4.78 is 30.0. The minimum Gasteiger partial charge on any atom is -0.324 e. The Morgan fingerprint density at radius 1 is 0.944 bits per heavy atom. The van der Waals surface area contributed by atoms with E-state index in [2.05, 4.69) is 15.4 Å². The Morgan fingerprint density at radius 2 is 1.58 bits per heavy atom. The molecule has 0 bridgehead atoms. The van der Waals surface area contributed by atoms with Gasteiger partial charge in [-0.25, -0.2) is 8.78 Å². The molecule has 180 valence electrons. The Kier molecular flexibility index (Phi) is 6.12. The standard InChI is InChI=1S/C27H21F2N5O2/c1-17-23(12-18-8-4-2-5-9-18)26(36)34-27(31-25(32-34)19-10-6-3-7-11-19)33(17)16-24(35)30-22-14-20(28)13-21(29)15-22/h2-11,13-15H,12,16H2,1H3,(H,30,35). The zero-order chi connectivity index (χ0) is 25.2. The van der Waals surface area contributed by atoms with Gasteiger partial charge in [0.2, 0.25) is 11.7 Å². The third-order valence-electron chi connectivity index (χ3n) is 5.83. The van der Waals surface area contributed by atoms with Crippen LogP contribution < -0.4 is 10.9 Å². The van der Waals surface area contributed by atoms with Crippen molar-refractivity contribution in [2.75, 3.05) is 5.32 Å². The molecule has 36 heavy (non-hydrogen) atoms. The average molecular weight is 485 g/mol. The van der Waals surface area contributed by atoms with Crippen LogP contribution in [0.25, 0.3) is 17.2 Å². The Hall–Kier alpha value is -4.66. The van der Waals surface area contributed by atoms with E-state index in [1.807, 2.05) is 60.7 Å². The lowest BCUT2D eigenvalue weighted by Gasteiger charge is -2.15. The van der Waals surface area contributed by atoms with Crippen LogP contribution in [0.3, 0.4) is 0 Å². The molecule has 0 spiro atoms. The van der Waals surface area contributed by atoms with E-state index in [0.717, 1.165) is 23.8 Å². The van der Waals surface area contributed by atoms with Crippen molar-refractivity contribution in [3.05, 3.63) is 118 Å². The largest absolute Gasteiger partial charge is 0.324 e. The normalized spacial score (nSPS) is 11.1. The number of benzene rings is 3. The van der Waals surface area contributed by atoms with Gasteiger partial charge in [0.25, 0.3) is 5.56 Å².